The Morgan fingerprint density at radius 1 is 1.45 bits per heavy atom. The number of hydrogen-bond donors (Lipinski definition) is 1. The first kappa shape index (κ1) is 13.9. The zero-order valence-electron chi connectivity index (χ0n) is 11.7. The zero-order chi connectivity index (χ0) is 14.7. The van der Waals surface area contributed by atoms with Crippen LogP contribution >= 0.6 is 0 Å². The van der Waals surface area contributed by atoms with Gasteiger partial charge in [-0.05, 0) is 25.1 Å². The van der Waals surface area contributed by atoms with Gasteiger partial charge in [0.05, 0.1) is 18.4 Å². The molecule has 2 N–H and O–H groups in total. The molecule has 0 aliphatic heterocycles. The summed E-state index contributed by atoms with van der Waals surface area (Å²) in [6.45, 7) is 6.24. The maximum Gasteiger partial charge on any atom is 0.250 e. The fourth-order valence-electron chi connectivity index (χ4n) is 2.34. The maximum absolute atomic E-state index is 11.5. The van der Waals surface area contributed by atoms with Gasteiger partial charge in [0.1, 0.15) is 5.75 Å². The summed E-state index contributed by atoms with van der Waals surface area (Å²) in [4.78, 5) is 11.5. The number of nitrogens with two attached hydrogens (primary N) is 1. The van der Waals surface area contributed by atoms with Crippen molar-refractivity contribution in [1.29, 1.82) is 0 Å². The van der Waals surface area contributed by atoms with Crippen LogP contribution in [-0.4, -0.2) is 17.6 Å². The summed E-state index contributed by atoms with van der Waals surface area (Å²) in [6.07, 6.45) is 1.79. The standard InChI is InChI=1S/C16H18N2O2/c1-4-9-18-11(2)13(16(17)19)10-14(18)12-7-5-6-8-15(12)20-3/h4-8,10H,1,9H2,2-3H3,(H2,17,19). The van der Waals surface area contributed by atoms with E-state index in [1.54, 1.807) is 19.3 Å². The third-order valence-electron chi connectivity index (χ3n) is 3.33. The minimum absolute atomic E-state index is 0.429. The fraction of sp³-hybridized carbons (Fsp3) is 0.188. The van der Waals surface area contributed by atoms with Crippen LogP contribution in [0.25, 0.3) is 11.3 Å². The lowest BCUT2D eigenvalue weighted by molar-refractivity contribution is 0.0999. The first-order chi connectivity index (χ1) is 9.60. The van der Waals surface area contributed by atoms with Crippen LogP contribution in [0.3, 0.4) is 0 Å². The van der Waals surface area contributed by atoms with Crippen molar-refractivity contribution in [3.8, 4) is 17.0 Å². The topological polar surface area (TPSA) is 57.2 Å². The molecule has 1 aromatic carbocycles. The summed E-state index contributed by atoms with van der Waals surface area (Å²) in [5.41, 5.74) is 8.61. The molecule has 0 spiro atoms. The number of amides is 1. The summed E-state index contributed by atoms with van der Waals surface area (Å²) < 4.78 is 7.39. The van der Waals surface area contributed by atoms with Gasteiger partial charge in [-0.25, -0.2) is 0 Å². The Kier molecular flexibility index (Phi) is 3.94. The number of rotatable bonds is 5. The molecular formula is C16H18N2O2. The van der Waals surface area contributed by atoms with E-state index >= 15 is 0 Å². The number of nitrogens with zero attached hydrogens (tertiary/aromatic N) is 1. The Morgan fingerprint density at radius 2 is 2.15 bits per heavy atom. The number of para-hydroxylation sites is 1. The maximum atomic E-state index is 11.5. The van der Waals surface area contributed by atoms with E-state index < -0.39 is 5.91 Å². The van der Waals surface area contributed by atoms with Gasteiger partial charge in [0, 0.05) is 17.8 Å². The van der Waals surface area contributed by atoms with Gasteiger partial charge in [-0.15, -0.1) is 6.58 Å². The number of methoxy groups -OCH3 is 1. The Labute approximate surface area is 118 Å². The van der Waals surface area contributed by atoms with E-state index in [1.807, 2.05) is 35.8 Å². The van der Waals surface area contributed by atoms with Crippen LogP contribution in [-0.2, 0) is 6.54 Å². The van der Waals surface area contributed by atoms with Crippen LogP contribution in [0.2, 0.25) is 0 Å². The molecule has 20 heavy (non-hydrogen) atoms. The highest BCUT2D eigenvalue weighted by Gasteiger charge is 2.17. The highest BCUT2D eigenvalue weighted by atomic mass is 16.5. The molecule has 1 aromatic heterocycles. The Balaban J connectivity index is 2.69. The van der Waals surface area contributed by atoms with Crippen LogP contribution in [0.1, 0.15) is 16.1 Å². The molecule has 0 atom stereocenters. The molecule has 1 heterocycles. The van der Waals surface area contributed by atoms with E-state index in [4.69, 9.17) is 10.5 Å². The third-order valence-corrected chi connectivity index (χ3v) is 3.33. The lowest BCUT2D eigenvalue weighted by atomic mass is 10.1. The first-order valence-corrected chi connectivity index (χ1v) is 6.34. The van der Waals surface area contributed by atoms with Gasteiger partial charge in [0.25, 0.3) is 5.91 Å². The van der Waals surface area contributed by atoms with Crippen LogP contribution in [0, 0.1) is 6.92 Å². The highest BCUT2D eigenvalue weighted by molar-refractivity contribution is 5.96. The molecule has 0 unspecified atom stereocenters. The summed E-state index contributed by atoms with van der Waals surface area (Å²) in [7, 11) is 1.63. The van der Waals surface area contributed by atoms with Crippen LogP contribution in [0.4, 0.5) is 0 Å². The van der Waals surface area contributed by atoms with Gasteiger partial charge >= 0.3 is 0 Å². The van der Waals surface area contributed by atoms with Crippen molar-refractivity contribution >= 4 is 5.91 Å². The number of benzene rings is 1. The number of carbonyl (C=O) groups is 1. The number of allylic oxidation sites excluding steroid dienone is 1. The smallest absolute Gasteiger partial charge is 0.250 e. The van der Waals surface area contributed by atoms with E-state index in [1.165, 1.54) is 0 Å². The predicted octanol–water partition coefficient (Wildman–Crippen LogP) is 2.76. The van der Waals surface area contributed by atoms with Gasteiger partial charge in [-0.3, -0.25) is 4.79 Å². The molecule has 0 saturated heterocycles. The molecular weight excluding hydrogens is 252 g/mol. The van der Waals surface area contributed by atoms with Gasteiger partial charge < -0.3 is 15.0 Å². The molecule has 0 aliphatic carbocycles. The summed E-state index contributed by atoms with van der Waals surface area (Å²) in [6, 6.07) is 9.49. The molecule has 2 aromatic rings. The molecule has 4 heteroatoms. The van der Waals surface area contributed by atoms with Crippen LogP contribution in [0.5, 0.6) is 5.75 Å². The number of ether oxygens (including phenoxy) is 1. The average molecular weight is 270 g/mol. The number of primary amides is 1. The van der Waals surface area contributed by atoms with E-state index in [0.717, 1.165) is 22.7 Å². The highest BCUT2D eigenvalue weighted by Crippen LogP contribution is 2.32. The van der Waals surface area contributed by atoms with Crippen molar-refractivity contribution in [3.63, 3.8) is 0 Å². The molecule has 104 valence electrons. The lowest BCUT2D eigenvalue weighted by Crippen LogP contribution is -2.12. The Bertz CT molecular complexity index is 656. The van der Waals surface area contributed by atoms with E-state index in [-0.39, 0.29) is 0 Å². The quantitative estimate of drug-likeness (QED) is 0.849. The van der Waals surface area contributed by atoms with Crippen molar-refractivity contribution < 1.29 is 9.53 Å². The second-order valence-electron chi connectivity index (χ2n) is 4.49. The first-order valence-electron chi connectivity index (χ1n) is 6.34. The molecule has 1 amide bonds. The van der Waals surface area contributed by atoms with Crippen molar-refractivity contribution in [3.05, 3.63) is 54.2 Å². The van der Waals surface area contributed by atoms with Crippen molar-refractivity contribution in [1.82, 2.24) is 4.57 Å². The summed E-state index contributed by atoms with van der Waals surface area (Å²) in [5.74, 6) is 0.327. The molecule has 0 saturated carbocycles. The molecule has 0 fully saturated rings. The molecule has 0 radical (unpaired) electrons. The predicted molar refractivity (Wildman–Crippen MR) is 79.9 cm³/mol. The number of carbonyl (C=O) groups excluding carboxylic acids is 1. The van der Waals surface area contributed by atoms with Gasteiger partial charge in [-0.1, -0.05) is 18.2 Å². The SMILES string of the molecule is C=CCn1c(-c2ccccc2OC)cc(C(N)=O)c1C. The number of aromatic nitrogens is 1. The summed E-state index contributed by atoms with van der Waals surface area (Å²) >= 11 is 0. The molecule has 2 rings (SSSR count). The normalized spacial score (nSPS) is 10.3. The molecule has 0 aliphatic rings. The largest absolute Gasteiger partial charge is 0.496 e. The Hall–Kier alpha value is -2.49. The van der Waals surface area contributed by atoms with Crippen molar-refractivity contribution in [2.24, 2.45) is 5.73 Å². The van der Waals surface area contributed by atoms with E-state index in [2.05, 4.69) is 6.58 Å². The fourth-order valence-corrected chi connectivity index (χ4v) is 2.34. The minimum atomic E-state index is -0.429. The van der Waals surface area contributed by atoms with Gasteiger partial charge in [-0.2, -0.15) is 0 Å². The van der Waals surface area contributed by atoms with Crippen molar-refractivity contribution in [2.75, 3.05) is 7.11 Å². The lowest BCUT2D eigenvalue weighted by Gasteiger charge is -2.12. The third kappa shape index (κ3) is 2.32. The van der Waals surface area contributed by atoms with E-state index in [0.29, 0.717) is 12.1 Å². The number of hydrogen-bond acceptors (Lipinski definition) is 2. The van der Waals surface area contributed by atoms with Crippen molar-refractivity contribution in [2.45, 2.75) is 13.5 Å². The second-order valence-corrected chi connectivity index (χ2v) is 4.49. The molecule has 0 bridgehead atoms. The van der Waals surface area contributed by atoms with E-state index in [9.17, 15) is 4.79 Å². The monoisotopic (exact) mass is 270 g/mol. The van der Waals surface area contributed by atoms with Crippen LogP contribution in [0.15, 0.2) is 43.0 Å². The van der Waals surface area contributed by atoms with Gasteiger partial charge in [0.2, 0.25) is 0 Å². The second kappa shape index (κ2) is 5.65. The zero-order valence-corrected chi connectivity index (χ0v) is 11.7. The van der Waals surface area contributed by atoms with Gasteiger partial charge in [0.15, 0.2) is 0 Å². The minimum Gasteiger partial charge on any atom is -0.496 e. The summed E-state index contributed by atoms with van der Waals surface area (Å²) in [5, 5.41) is 0. The molecule has 4 nitrogen and oxygen atoms in total. The average Bonchev–Trinajstić information content (AvgIpc) is 2.77. The van der Waals surface area contributed by atoms with Crippen LogP contribution < -0.4 is 10.5 Å². The Morgan fingerprint density at radius 3 is 2.75 bits per heavy atom.